The largest absolute Gasteiger partial charge is 0.345 e. The highest BCUT2D eigenvalue weighted by Gasteiger charge is 2.42. The van der Waals surface area contributed by atoms with Crippen LogP contribution in [0.4, 0.5) is 0 Å². The van der Waals surface area contributed by atoms with Crippen LogP contribution in [0.3, 0.4) is 0 Å². The number of halogens is 1. The van der Waals surface area contributed by atoms with Crippen LogP contribution < -0.4 is 11.1 Å². The zero-order chi connectivity index (χ0) is 18.2. The summed E-state index contributed by atoms with van der Waals surface area (Å²) in [5.41, 5.74) is 6.50. The lowest BCUT2D eigenvalue weighted by Crippen LogP contribution is -2.53. The van der Waals surface area contributed by atoms with Crippen LogP contribution in [0.15, 0.2) is 18.2 Å². The topological polar surface area (TPSA) is 92.5 Å². The molecule has 3 rings (SSSR count). The molecule has 3 N–H and O–H groups in total. The van der Waals surface area contributed by atoms with E-state index in [1.165, 1.54) is 11.0 Å². The Morgan fingerprint density at radius 3 is 2.50 bits per heavy atom. The van der Waals surface area contributed by atoms with Crippen molar-refractivity contribution in [3.63, 3.8) is 0 Å². The van der Waals surface area contributed by atoms with Gasteiger partial charge in [-0.15, -0.1) is 12.4 Å². The molecule has 1 unspecified atom stereocenters. The number of unbranched alkanes of at least 4 members (excludes halogenated alkanes) is 1. The molecule has 26 heavy (non-hydrogen) atoms. The van der Waals surface area contributed by atoms with Crippen molar-refractivity contribution in [1.82, 2.24) is 10.2 Å². The second-order valence-corrected chi connectivity index (χ2v) is 7.23. The Bertz CT molecular complexity index is 733. The van der Waals surface area contributed by atoms with Gasteiger partial charge in [0, 0.05) is 18.7 Å². The molecular weight excluding hydrogens is 354 g/mol. The molecule has 6 nitrogen and oxygen atoms in total. The summed E-state index contributed by atoms with van der Waals surface area (Å²) in [7, 11) is 0. The first-order valence-corrected chi connectivity index (χ1v) is 8.94. The predicted molar refractivity (Wildman–Crippen MR) is 102 cm³/mol. The van der Waals surface area contributed by atoms with E-state index in [1.54, 1.807) is 12.1 Å². The summed E-state index contributed by atoms with van der Waals surface area (Å²) in [4.78, 5) is 38.7. The van der Waals surface area contributed by atoms with Gasteiger partial charge in [-0.25, -0.2) is 0 Å². The summed E-state index contributed by atoms with van der Waals surface area (Å²) in [5.74, 6) is -0.435. The SMILES string of the molecule is CCCCN1C(=O)c2ccc(C(=O)NC(C)(CN)C3CC3)cc2C1=O.Cl. The summed E-state index contributed by atoms with van der Waals surface area (Å²) in [6.07, 6.45) is 3.81. The first-order valence-electron chi connectivity index (χ1n) is 8.94. The molecule has 2 aliphatic rings. The molecule has 0 aromatic heterocycles. The maximum Gasteiger partial charge on any atom is 0.261 e. The summed E-state index contributed by atoms with van der Waals surface area (Å²) < 4.78 is 0. The van der Waals surface area contributed by atoms with Crippen LogP contribution in [0.25, 0.3) is 0 Å². The van der Waals surface area contributed by atoms with Crippen molar-refractivity contribution in [3.05, 3.63) is 34.9 Å². The monoisotopic (exact) mass is 379 g/mol. The number of rotatable bonds is 7. The maximum atomic E-state index is 12.6. The van der Waals surface area contributed by atoms with E-state index in [1.807, 2.05) is 13.8 Å². The van der Waals surface area contributed by atoms with Crippen molar-refractivity contribution in [2.45, 2.75) is 45.1 Å². The molecule has 0 spiro atoms. The highest BCUT2D eigenvalue weighted by atomic mass is 35.5. The standard InChI is InChI=1S/C19H25N3O3.ClH/c1-3-4-9-22-17(24)14-8-5-12(10-15(14)18(22)25)16(23)21-19(2,11-20)13-6-7-13;/h5,8,10,13H,3-4,6-7,9,11,20H2,1-2H3,(H,21,23);1H. The third kappa shape index (κ3) is 3.62. The molecule has 1 fully saturated rings. The first kappa shape index (κ1) is 20.4. The van der Waals surface area contributed by atoms with Crippen molar-refractivity contribution < 1.29 is 14.4 Å². The van der Waals surface area contributed by atoms with E-state index in [0.717, 1.165) is 25.7 Å². The van der Waals surface area contributed by atoms with Crippen LogP contribution in [0.1, 0.15) is 70.6 Å². The van der Waals surface area contributed by atoms with Gasteiger partial charge in [-0.2, -0.15) is 0 Å². The lowest BCUT2D eigenvalue weighted by atomic mass is 9.95. The molecule has 0 bridgehead atoms. The quantitative estimate of drug-likeness (QED) is 0.711. The Morgan fingerprint density at radius 1 is 1.27 bits per heavy atom. The third-order valence-electron chi connectivity index (χ3n) is 5.27. The predicted octanol–water partition coefficient (Wildman–Crippen LogP) is 2.36. The summed E-state index contributed by atoms with van der Waals surface area (Å²) in [6, 6.07) is 4.71. The van der Waals surface area contributed by atoms with E-state index in [0.29, 0.717) is 35.7 Å². The number of nitrogens with zero attached hydrogens (tertiary/aromatic N) is 1. The maximum absolute atomic E-state index is 12.6. The number of hydrogen-bond acceptors (Lipinski definition) is 4. The van der Waals surface area contributed by atoms with Crippen LogP contribution in [0.5, 0.6) is 0 Å². The number of benzene rings is 1. The fourth-order valence-electron chi connectivity index (χ4n) is 3.32. The first-order chi connectivity index (χ1) is 11.9. The second kappa shape index (κ2) is 7.76. The van der Waals surface area contributed by atoms with Crippen LogP contribution in [-0.2, 0) is 0 Å². The van der Waals surface area contributed by atoms with E-state index in [9.17, 15) is 14.4 Å². The lowest BCUT2D eigenvalue weighted by Gasteiger charge is -2.29. The van der Waals surface area contributed by atoms with Gasteiger partial charge in [0.1, 0.15) is 0 Å². The van der Waals surface area contributed by atoms with Crippen molar-refractivity contribution in [2.24, 2.45) is 11.7 Å². The Labute approximate surface area is 159 Å². The summed E-state index contributed by atoms with van der Waals surface area (Å²) in [6.45, 7) is 4.75. The number of hydrogen-bond donors (Lipinski definition) is 2. The Morgan fingerprint density at radius 2 is 1.92 bits per heavy atom. The second-order valence-electron chi connectivity index (χ2n) is 7.23. The fraction of sp³-hybridized carbons (Fsp3) is 0.526. The van der Waals surface area contributed by atoms with Crippen LogP contribution >= 0.6 is 12.4 Å². The van der Waals surface area contributed by atoms with Gasteiger partial charge in [-0.1, -0.05) is 13.3 Å². The van der Waals surface area contributed by atoms with Gasteiger partial charge < -0.3 is 11.1 Å². The Kier molecular flexibility index (Phi) is 6.09. The van der Waals surface area contributed by atoms with Gasteiger partial charge in [0.25, 0.3) is 17.7 Å². The lowest BCUT2D eigenvalue weighted by molar-refractivity contribution is 0.0652. The molecule has 1 atom stereocenters. The number of imide groups is 1. The average molecular weight is 380 g/mol. The number of nitrogens with two attached hydrogens (primary N) is 1. The van der Waals surface area contributed by atoms with E-state index in [-0.39, 0.29) is 30.1 Å². The van der Waals surface area contributed by atoms with Crippen LogP contribution in [0.2, 0.25) is 0 Å². The average Bonchev–Trinajstić information content (AvgIpc) is 3.43. The van der Waals surface area contributed by atoms with Crippen LogP contribution in [0, 0.1) is 5.92 Å². The fourth-order valence-corrected chi connectivity index (χ4v) is 3.32. The van der Waals surface area contributed by atoms with Gasteiger partial charge in [-0.05, 0) is 50.3 Å². The number of fused-ring (bicyclic) bond motifs is 1. The molecule has 1 aliphatic heterocycles. The van der Waals surface area contributed by atoms with E-state index in [4.69, 9.17) is 5.73 Å². The van der Waals surface area contributed by atoms with Crippen LogP contribution in [-0.4, -0.2) is 41.2 Å². The molecule has 3 amide bonds. The zero-order valence-corrected chi connectivity index (χ0v) is 16.0. The highest BCUT2D eigenvalue weighted by molar-refractivity contribution is 6.22. The molecule has 0 saturated heterocycles. The smallest absolute Gasteiger partial charge is 0.261 e. The van der Waals surface area contributed by atoms with Crippen molar-refractivity contribution in [2.75, 3.05) is 13.1 Å². The molecule has 7 heteroatoms. The summed E-state index contributed by atoms with van der Waals surface area (Å²) >= 11 is 0. The number of amides is 3. The molecule has 1 aromatic rings. The van der Waals surface area contributed by atoms with Crippen molar-refractivity contribution >= 4 is 30.1 Å². The van der Waals surface area contributed by atoms with Gasteiger partial charge in [0.05, 0.1) is 16.7 Å². The molecule has 0 radical (unpaired) electrons. The molecule has 1 aliphatic carbocycles. The molecule has 142 valence electrons. The zero-order valence-electron chi connectivity index (χ0n) is 15.2. The number of carbonyl (C=O) groups is 3. The molecule has 1 heterocycles. The summed E-state index contributed by atoms with van der Waals surface area (Å²) in [5, 5.41) is 3.01. The van der Waals surface area contributed by atoms with E-state index in [2.05, 4.69) is 5.32 Å². The third-order valence-corrected chi connectivity index (χ3v) is 5.27. The normalized spacial score (nSPS) is 18.2. The minimum Gasteiger partial charge on any atom is -0.345 e. The van der Waals surface area contributed by atoms with E-state index < -0.39 is 5.54 Å². The molecule has 1 saturated carbocycles. The molecular formula is C19H26ClN3O3. The van der Waals surface area contributed by atoms with E-state index >= 15 is 0 Å². The van der Waals surface area contributed by atoms with Gasteiger partial charge in [0.15, 0.2) is 0 Å². The highest BCUT2D eigenvalue weighted by Crippen LogP contribution is 2.39. The van der Waals surface area contributed by atoms with Crippen molar-refractivity contribution in [3.8, 4) is 0 Å². The Hall–Kier alpha value is -1.92. The van der Waals surface area contributed by atoms with Gasteiger partial charge in [0.2, 0.25) is 0 Å². The minimum atomic E-state index is -0.427. The van der Waals surface area contributed by atoms with Gasteiger partial charge in [-0.3, -0.25) is 19.3 Å². The molecule has 1 aromatic carbocycles. The minimum absolute atomic E-state index is 0. The number of carbonyl (C=O) groups excluding carboxylic acids is 3. The Balaban J connectivity index is 0.00000243. The van der Waals surface area contributed by atoms with Crippen molar-refractivity contribution in [1.29, 1.82) is 0 Å². The van der Waals surface area contributed by atoms with Gasteiger partial charge >= 0.3 is 0 Å². The number of nitrogens with one attached hydrogen (secondary N) is 1.